The van der Waals surface area contributed by atoms with E-state index in [-0.39, 0.29) is 11.8 Å². The predicted octanol–water partition coefficient (Wildman–Crippen LogP) is 4.89. The third kappa shape index (κ3) is 4.44. The normalized spacial score (nSPS) is 12.8. The molecule has 2 amide bonds. The van der Waals surface area contributed by atoms with Crippen molar-refractivity contribution in [1.29, 1.82) is 0 Å². The molecule has 3 aromatic rings. The maximum absolute atomic E-state index is 12.6. The van der Waals surface area contributed by atoms with Crippen LogP contribution in [-0.4, -0.2) is 24.4 Å². The van der Waals surface area contributed by atoms with Crippen molar-refractivity contribution >= 4 is 29.5 Å². The summed E-state index contributed by atoms with van der Waals surface area (Å²) in [5.41, 5.74) is 2.01. The molecule has 32 heavy (non-hydrogen) atoms. The smallest absolute Gasteiger partial charge is 0.336 e. The van der Waals surface area contributed by atoms with Crippen molar-refractivity contribution in [2.75, 3.05) is 11.5 Å². The van der Waals surface area contributed by atoms with E-state index in [4.69, 9.17) is 9.47 Å². The standard InChI is InChI=1S/C26H21NO5/c1-2-17-31-20-12-7-18(8-13-20)9-16-24(28)32-21-14-10-19(11-15-21)27-25(29)22-5-3-4-6-23(22)26(27)30/h3-16H,2,17H2,1H3/b16-9+. The zero-order valence-corrected chi connectivity index (χ0v) is 17.5. The van der Waals surface area contributed by atoms with Crippen LogP contribution in [0.4, 0.5) is 5.69 Å². The number of rotatable bonds is 7. The highest BCUT2D eigenvalue weighted by molar-refractivity contribution is 6.34. The van der Waals surface area contributed by atoms with Gasteiger partial charge in [0.25, 0.3) is 11.8 Å². The first kappa shape index (κ1) is 21.1. The predicted molar refractivity (Wildman–Crippen MR) is 121 cm³/mol. The van der Waals surface area contributed by atoms with Crippen molar-refractivity contribution in [2.24, 2.45) is 0 Å². The highest BCUT2D eigenvalue weighted by Gasteiger charge is 2.36. The number of benzene rings is 3. The van der Waals surface area contributed by atoms with E-state index in [0.29, 0.717) is 29.2 Å². The van der Waals surface area contributed by atoms with Crippen molar-refractivity contribution in [2.45, 2.75) is 13.3 Å². The maximum atomic E-state index is 12.6. The number of carbonyl (C=O) groups excluding carboxylic acids is 3. The molecule has 0 N–H and O–H groups in total. The van der Waals surface area contributed by atoms with E-state index in [2.05, 4.69) is 0 Å². The van der Waals surface area contributed by atoms with E-state index in [1.165, 1.54) is 6.08 Å². The summed E-state index contributed by atoms with van der Waals surface area (Å²) < 4.78 is 10.8. The average Bonchev–Trinajstić information content (AvgIpc) is 3.08. The number of amides is 2. The highest BCUT2D eigenvalue weighted by atomic mass is 16.5. The number of anilines is 1. The van der Waals surface area contributed by atoms with E-state index in [1.807, 2.05) is 31.2 Å². The van der Waals surface area contributed by atoms with Gasteiger partial charge in [-0.2, -0.15) is 0 Å². The van der Waals surface area contributed by atoms with Gasteiger partial charge in [-0.1, -0.05) is 31.2 Å². The molecule has 1 heterocycles. The summed E-state index contributed by atoms with van der Waals surface area (Å²) in [6, 6.07) is 20.3. The van der Waals surface area contributed by atoms with E-state index in [1.54, 1.807) is 54.6 Å². The molecule has 0 radical (unpaired) electrons. The summed E-state index contributed by atoms with van der Waals surface area (Å²) in [5, 5.41) is 0. The molecule has 0 aliphatic carbocycles. The summed E-state index contributed by atoms with van der Waals surface area (Å²) >= 11 is 0. The molecular weight excluding hydrogens is 406 g/mol. The number of ether oxygens (including phenoxy) is 2. The Morgan fingerprint density at radius 3 is 2.03 bits per heavy atom. The van der Waals surface area contributed by atoms with E-state index < -0.39 is 5.97 Å². The molecule has 1 aliphatic rings. The molecule has 160 valence electrons. The number of imide groups is 1. The molecular formula is C26H21NO5. The minimum absolute atomic E-state index is 0.309. The molecule has 0 fully saturated rings. The van der Waals surface area contributed by atoms with Gasteiger partial charge in [-0.3, -0.25) is 9.59 Å². The average molecular weight is 427 g/mol. The fourth-order valence-corrected chi connectivity index (χ4v) is 3.30. The fraction of sp³-hybridized carbons (Fsp3) is 0.115. The second kappa shape index (κ2) is 9.31. The lowest BCUT2D eigenvalue weighted by atomic mass is 10.1. The first-order valence-electron chi connectivity index (χ1n) is 10.3. The molecule has 0 saturated carbocycles. The Morgan fingerprint density at radius 2 is 1.44 bits per heavy atom. The number of esters is 1. The van der Waals surface area contributed by atoms with Gasteiger partial charge in [0, 0.05) is 6.08 Å². The molecule has 0 saturated heterocycles. The lowest BCUT2D eigenvalue weighted by Gasteiger charge is -2.14. The highest BCUT2D eigenvalue weighted by Crippen LogP contribution is 2.29. The third-order valence-corrected chi connectivity index (χ3v) is 4.87. The molecule has 0 bridgehead atoms. The first-order chi connectivity index (χ1) is 15.6. The van der Waals surface area contributed by atoms with Crippen molar-refractivity contribution in [3.8, 4) is 11.5 Å². The second-order valence-corrected chi connectivity index (χ2v) is 7.16. The summed E-state index contributed by atoms with van der Waals surface area (Å²) in [7, 11) is 0. The lowest BCUT2D eigenvalue weighted by molar-refractivity contribution is -0.128. The lowest BCUT2D eigenvalue weighted by Crippen LogP contribution is -2.29. The Bertz CT molecular complexity index is 1140. The van der Waals surface area contributed by atoms with Gasteiger partial charge in [0.1, 0.15) is 11.5 Å². The van der Waals surface area contributed by atoms with Crippen LogP contribution < -0.4 is 14.4 Å². The zero-order chi connectivity index (χ0) is 22.5. The number of hydrogen-bond donors (Lipinski definition) is 0. The van der Waals surface area contributed by atoms with Crippen LogP contribution in [0.1, 0.15) is 39.6 Å². The van der Waals surface area contributed by atoms with Crippen molar-refractivity contribution in [1.82, 2.24) is 0 Å². The minimum Gasteiger partial charge on any atom is -0.494 e. The van der Waals surface area contributed by atoms with Gasteiger partial charge in [-0.25, -0.2) is 9.69 Å². The molecule has 0 unspecified atom stereocenters. The van der Waals surface area contributed by atoms with Gasteiger partial charge in [-0.05, 0) is 66.6 Å². The Balaban J connectivity index is 1.38. The molecule has 0 atom stereocenters. The molecule has 3 aromatic carbocycles. The van der Waals surface area contributed by atoms with Crippen LogP contribution >= 0.6 is 0 Å². The van der Waals surface area contributed by atoms with Gasteiger partial charge >= 0.3 is 5.97 Å². The van der Waals surface area contributed by atoms with Gasteiger partial charge in [0.2, 0.25) is 0 Å². The van der Waals surface area contributed by atoms with E-state index >= 15 is 0 Å². The largest absolute Gasteiger partial charge is 0.494 e. The van der Waals surface area contributed by atoms with Crippen LogP contribution in [0.2, 0.25) is 0 Å². The Kier molecular flexibility index (Phi) is 6.12. The van der Waals surface area contributed by atoms with Crippen LogP contribution in [0.3, 0.4) is 0 Å². The molecule has 0 spiro atoms. The molecule has 6 heteroatoms. The fourth-order valence-electron chi connectivity index (χ4n) is 3.30. The maximum Gasteiger partial charge on any atom is 0.336 e. The Hall–Kier alpha value is -4.19. The molecule has 0 aromatic heterocycles. The van der Waals surface area contributed by atoms with Crippen molar-refractivity contribution in [3.63, 3.8) is 0 Å². The zero-order valence-electron chi connectivity index (χ0n) is 17.5. The Labute approximate surface area is 185 Å². The SMILES string of the molecule is CCCOc1ccc(/C=C/C(=O)Oc2ccc(N3C(=O)c4ccccc4C3=O)cc2)cc1. The van der Waals surface area contributed by atoms with Gasteiger partial charge in [-0.15, -0.1) is 0 Å². The number of carbonyl (C=O) groups is 3. The third-order valence-electron chi connectivity index (χ3n) is 4.87. The summed E-state index contributed by atoms with van der Waals surface area (Å²) in [5.74, 6) is -0.188. The van der Waals surface area contributed by atoms with Crippen LogP contribution in [0.15, 0.2) is 78.9 Å². The minimum atomic E-state index is -0.537. The molecule has 6 nitrogen and oxygen atoms in total. The van der Waals surface area contributed by atoms with Crippen molar-refractivity contribution < 1.29 is 23.9 Å². The monoisotopic (exact) mass is 427 g/mol. The second-order valence-electron chi connectivity index (χ2n) is 7.16. The van der Waals surface area contributed by atoms with Crippen LogP contribution in [0.5, 0.6) is 11.5 Å². The van der Waals surface area contributed by atoms with E-state index in [0.717, 1.165) is 22.6 Å². The number of fused-ring (bicyclic) bond motifs is 1. The summed E-state index contributed by atoms with van der Waals surface area (Å²) in [6.45, 7) is 2.70. The summed E-state index contributed by atoms with van der Waals surface area (Å²) in [4.78, 5) is 38.4. The Morgan fingerprint density at radius 1 is 0.844 bits per heavy atom. The summed E-state index contributed by atoms with van der Waals surface area (Å²) in [6.07, 6.45) is 3.92. The van der Waals surface area contributed by atoms with Crippen LogP contribution in [0, 0.1) is 0 Å². The topological polar surface area (TPSA) is 72.9 Å². The quantitative estimate of drug-likeness (QED) is 0.232. The number of nitrogens with zero attached hydrogens (tertiary/aromatic N) is 1. The van der Waals surface area contributed by atoms with Gasteiger partial charge in [0.05, 0.1) is 23.4 Å². The van der Waals surface area contributed by atoms with Crippen LogP contribution in [-0.2, 0) is 4.79 Å². The van der Waals surface area contributed by atoms with Crippen molar-refractivity contribution in [3.05, 3.63) is 95.6 Å². The van der Waals surface area contributed by atoms with Gasteiger partial charge < -0.3 is 9.47 Å². The first-order valence-corrected chi connectivity index (χ1v) is 10.3. The molecule has 1 aliphatic heterocycles. The van der Waals surface area contributed by atoms with Crippen LogP contribution in [0.25, 0.3) is 6.08 Å². The van der Waals surface area contributed by atoms with E-state index in [9.17, 15) is 14.4 Å². The molecule has 4 rings (SSSR count). The van der Waals surface area contributed by atoms with Gasteiger partial charge in [0.15, 0.2) is 0 Å². The number of hydrogen-bond acceptors (Lipinski definition) is 5.